The summed E-state index contributed by atoms with van der Waals surface area (Å²) in [6, 6.07) is 0. The van der Waals surface area contributed by atoms with Crippen LogP contribution in [0.2, 0.25) is 5.15 Å². The predicted octanol–water partition coefficient (Wildman–Crippen LogP) is 3.44. The van der Waals surface area contributed by atoms with E-state index in [0.717, 1.165) is 30.4 Å². The summed E-state index contributed by atoms with van der Waals surface area (Å²) in [5.74, 6) is 1.94. The number of rotatable bonds is 7. The molecule has 4 heteroatoms. The average molecular weight is 286 g/mol. The van der Waals surface area contributed by atoms with E-state index < -0.39 is 0 Å². The van der Waals surface area contributed by atoms with E-state index in [1.54, 1.807) is 4.68 Å². The maximum Gasteiger partial charge on any atom is 0.130 e. The van der Waals surface area contributed by atoms with Gasteiger partial charge in [0.15, 0.2) is 0 Å². The topological polar surface area (TPSA) is 29.9 Å². The highest BCUT2D eigenvalue weighted by atomic mass is 35.5. The van der Waals surface area contributed by atoms with Crippen LogP contribution in [-0.4, -0.2) is 22.9 Å². The molecule has 0 bridgehead atoms. The van der Waals surface area contributed by atoms with Crippen LogP contribution in [0.4, 0.5) is 0 Å². The Morgan fingerprint density at radius 3 is 2.26 bits per heavy atom. The minimum absolute atomic E-state index is 0.597. The van der Waals surface area contributed by atoms with E-state index in [1.807, 2.05) is 14.0 Å². The number of hydrogen-bond acceptors (Lipinski definition) is 2. The second-order valence-electron chi connectivity index (χ2n) is 6.19. The molecule has 1 N–H and O–H groups in total. The third-order valence-corrected chi connectivity index (χ3v) is 4.26. The van der Waals surface area contributed by atoms with Crippen molar-refractivity contribution in [1.29, 1.82) is 0 Å². The summed E-state index contributed by atoms with van der Waals surface area (Å²) >= 11 is 6.29. The lowest BCUT2D eigenvalue weighted by molar-refractivity contribution is 0.357. The number of nitrogens with one attached hydrogen (secondary N) is 1. The molecule has 1 heterocycles. The lowest BCUT2D eigenvalue weighted by atomic mass is 9.89. The van der Waals surface area contributed by atoms with E-state index in [2.05, 4.69) is 38.1 Å². The van der Waals surface area contributed by atoms with Crippen molar-refractivity contribution in [2.45, 2.75) is 41.0 Å². The van der Waals surface area contributed by atoms with Crippen LogP contribution in [0.25, 0.3) is 0 Å². The molecule has 0 aliphatic carbocycles. The Morgan fingerprint density at radius 1 is 1.16 bits per heavy atom. The van der Waals surface area contributed by atoms with Gasteiger partial charge in [-0.15, -0.1) is 0 Å². The van der Waals surface area contributed by atoms with Crippen LogP contribution in [0.5, 0.6) is 0 Å². The van der Waals surface area contributed by atoms with Gasteiger partial charge in [-0.3, -0.25) is 4.68 Å². The molecular formula is C15H28ClN3. The first-order valence-corrected chi connectivity index (χ1v) is 7.59. The summed E-state index contributed by atoms with van der Waals surface area (Å²) in [5, 5.41) is 8.69. The van der Waals surface area contributed by atoms with E-state index in [4.69, 9.17) is 11.6 Å². The van der Waals surface area contributed by atoms with Crippen LogP contribution >= 0.6 is 11.6 Å². The lowest BCUT2D eigenvalue weighted by Gasteiger charge is -2.21. The van der Waals surface area contributed by atoms with Crippen LogP contribution < -0.4 is 5.32 Å². The van der Waals surface area contributed by atoms with Crippen LogP contribution in [0.3, 0.4) is 0 Å². The molecule has 3 nitrogen and oxygen atoms in total. The molecule has 0 spiro atoms. The molecule has 0 fully saturated rings. The summed E-state index contributed by atoms with van der Waals surface area (Å²) < 4.78 is 1.76. The number of aryl methyl sites for hydroxylation is 2. The largest absolute Gasteiger partial charge is 0.316 e. The second-order valence-corrected chi connectivity index (χ2v) is 6.55. The Morgan fingerprint density at radius 2 is 1.79 bits per heavy atom. The van der Waals surface area contributed by atoms with E-state index in [-0.39, 0.29) is 0 Å². The summed E-state index contributed by atoms with van der Waals surface area (Å²) in [6.07, 6.45) is 1.00. The van der Waals surface area contributed by atoms with Crippen molar-refractivity contribution >= 4 is 11.6 Å². The van der Waals surface area contributed by atoms with Crippen molar-refractivity contribution in [2.75, 3.05) is 13.1 Å². The molecule has 110 valence electrons. The van der Waals surface area contributed by atoms with Crippen molar-refractivity contribution in [1.82, 2.24) is 15.1 Å². The summed E-state index contributed by atoms with van der Waals surface area (Å²) in [5.41, 5.74) is 2.26. The van der Waals surface area contributed by atoms with Crippen molar-refractivity contribution in [2.24, 2.45) is 24.8 Å². The van der Waals surface area contributed by atoms with Crippen molar-refractivity contribution in [3.8, 4) is 0 Å². The van der Waals surface area contributed by atoms with Gasteiger partial charge in [0, 0.05) is 12.6 Å². The summed E-state index contributed by atoms with van der Waals surface area (Å²) in [6.45, 7) is 13.3. The minimum Gasteiger partial charge on any atom is -0.316 e. The van der Waals surface area contributed by atoms with Crippen LogP contribution in [0.15, 0.2) is 0 Å². The molecule has 0 amide bonds. The van der Waals surface area contributed by atoms with Crippen LogP contribution in [0, 0.1) is 24.7 Å². The highest BCUT2D eigenvalue weighted by Crippen LogP contribution is 2.25. The Labute approximate surface area is 122 Å². The Balaban J connectivity index is 2.51. The predicted molar refractivity (Wildman–Crippen MR) is 82.7 cm³/mol. The van der Waals surface area contributed by atoms with Crippen molar-refractivity contribution < 1.29 is 0 Å². The molecule has 2 unspecified atom stereocenters. The van der Waals surface area contributed by atoms with E-state index in [0.29, 0.717) is 17.8 Å². The summed E-state index contributed by atoms with van der Waals surface area (Å²) in [4.78, 5) is 0. The smallest absolute Gasteiger partial charge is 0.130 e. The van der Waals surface area contributed by atoms with Crippen LogP contribution in [-0.2, 0) is 13.5 Å². The molecule has 0 aromatic carbocycles. The minimum atomic E-state index is 0.597. The zero-order chi connectivity index (χ0) is 14.6. The molecule has 0 saturated carbocycles. The van der Waals surface area contributed by atoms with Gasteiger partial charge in [0.05, 0.1) is 5.69 Å². The SMILES string of the molecule is Cc1nn(C)c(Cl)c1CC(C)C(C)CNCC(C)C. The molecule has 1 rings (SSSR count). The van der Waals surface area contributed by atoms with Crippen molar-refractivity contribution in [3.63, 3.8) is 0 Å². The van der Waals surface area contributed by atoms with Gasteiger partial charge in [0.25, 0.3) is 0 Å². The van der Waals surface area contributed by atoms with Gasteiger partial charge >= 0.3 is 0 Å². The van der Waals surface area contributed by atoms with Gasteiger partial charge < -0.3 is 5.32 Å². The number of hydrogen-bond donors (Lipinski definition) is 1. The number of aromatic nitrogens is 2. The molecule has 0 radical (unpaired) electrons. The quantitative estimate of drug-likeness (QED) is 0.832. The molecule has 0 aliphatic heterocycles. The van der Waals surface area contributed by atoms with Gasteiger partial charge in [-0.25, -0.2) is 0 Å². The van der Waals surface area contributed by atoms with Crippen LogP contribution in [0.1, 0.15) is 39.0 Å². The van der Waals surface area contributed by atoms with E-state index >= 15 is 0 Å². The average Bonchev–Trinajstić information content (AvgIpc) is 2.55. The zero-order valence-corrected chi connectivity index (χ0v) is 13.9. The first-order chi connectivity index (χ1) is 8.82. The molecule has 0 aliphatic rings. The highest BCUT2D eigenvalue weighted by Gasteiger charge is 2.18. The van der Waals surface area contributed by atoms with Gasteiger partial charge in [-0.1, -0.05) is 39.3 Å². The highest BCUT2D eigenvalue weighted by molar-refractivity contribution is 6.30. The van der Waals surface area contributed by atoms with E-state index in [1.165, 1.54) is 5.56 Å². The third kappa shape index (κ3) is 4.81. The molecule has 19 heavy (non-hydrogen) atoms. The Kier molecular flexibility index (Phi) is 6.34. The Hall–Kier alpha value is -0.540. The number of halogens is 1. The lowest BCUT2D eigenvalue weighted by Crippen LogP contribution is -2.28. The first-order valence-electron chi connectivity index (χ1n) is 7.21. The maximum atomic E-state index is 6.29. The van der Waals surface area contributed by atoms with Gasteiger partial charge in [-0.2, -0.15) is 5.10 Å². The monoisotopic (exact) mass is 285 g/mol. The van der Waals surface area contributed by atoms with Crippen molar-refractivity contribution in [3.05, 3.63) is 16.4 Å². The first kappa shape index (κ1) is 16.5. The van der Waals surface area contributed by atoms with Gasteiger partial charge in [0.2, 0.25) is 0 Å². The standard InChI is InChI=1S/C15H28ClN3/c1-10(2)8-17-9-12(4)11(3)7-14-13(5)18-19(6)15(14)16/h10-12,17H,7-9H2,1-6H3. The van der Waals surface area contributed by atoms with E-state index in [9.17, 15) is 0 Å². The van der Waals surface area contributed by atoms with Gasteiger partial charge in [0.1, 0.15) is 5.15 Å². The fraction of sp³-hybridized carbons (Fsp3) is 0.800. The molecule has 2 atom stereocenters. The number of nitrogens with zero attached hydrogens (tertiary/aromatic N) is 2. The molecule has 1 aromatic rings. The maximum absolute atomic E-state index is 6.29. The second kappa shape index (κ2) is 7.30. The fourth-order valence-electron chi connectivity index (χ4n) is 2.23. The Bertz CT molecular complexity index is 398. The van der Waals surface area contributed by atoms with Gasteiger partial charge in [-0.05, 0) is 44.2 Å². The third-order valence-electron chi connectivity index (χ3n) is 3.79. The summed E-state index contributed by atoms with van der Waals surface area (Å²) in [7, 11) is 1.90. The molecule has 0 saturated heterocycles. The fourth-order valence-corrected chi connectivity index (χ4v) is 2.48. The molecular weight excluding hydrogens is 258 g/mol. The molecule has 1 aromatic heterocycles. The zero-order valence-electron chi connectivity index (χ0n) is 13.1. The normalized spacial score (nSPS) is 14.9.